The Morgan fingerprint density at radius 1 is 1.17 bits per heavy atom. The molecule has 0 aliphatic carbocycles. The van der Waals surface area contributed by atoms with Crippen molar-refractivity contribution in [2.24, 2.45) is 0 Å². The van der Waals surface area contributed by atoms with E-state index in [0.29, 0.717) is 26.0 Å². The molecule has 1 aliphatic heterocycles. The highest BCUT2D eigenvalue weighted by atomic mass is 32.2. The Bertz CT molecular complexity index is 1170. The lowest BCUT2D eigenvalue weighted by Gasteiger charge is -2.03. The van der Waals surface area contributed by atoms with Crippen molar-refractivity contribution in [3.8, 4) is 16.9 Å². The first-order valence-electron chi connectivity index (χ1n) is 8.55. The lowest BCUT2D eigenvalue weighted by molar-refractivity contribution is -0.384. The van der Waals surface area contributed by atoms with E-state index in [9.17, 15) is 14.9 Å². The summed E-state index contributed by atoms with van der Waals surface area (Å²) in [6, 6.07) is 15.8. The van der Waals surface area contributed by atoms with Gasteiger partial charge in [-0.05, 0) is 18.2 Å². The summed E-state index contributed by atoms with van der Waals surface area (Å²) >= 11 is 6.41. The molecular formula is C20H14N4O3S2. The van der Waals surface area contributed by atoms with E-state index in [1.165, 1.54) is 28.8 Å². The number of carbonyl (C=O) groups is 1. The Morgan fingerprint density at radius 3 is 2.59 bits per heavy atom. The third kappa shape index (κ3) is 3.69. The lowest BCUT2D eigenvalue weighted by atomic mass is 10.1. The smallest absolute Gasteiger partial charge is 0.270 e. The van der Waals surface area contributed by atoms with Gasteiger partial charge in [-0.2, -0.15) is 5.10 Å². The Kier molecular flexibility index (Phi) is 4.99. The third-order valence-corrected chi connectivity index (χ3v) is 5.85. The summed E-state index contributed by atoms with van der Waals surface area (Å²) in [6.07, 6.45) is 3.52. The van der Waals surface area contributed by atoms with Crippen LogP contribution >= 0.6 is 24.0 Å². The van der Waals surface area contributed by atoms with Gasteiger partial charge in [0, 0.05) is 36.5 Å². The number of nitrogens with zero attached hydrogens (tertiary/aromatic N) is 4. The number of thioether (sulfide) groups is 1. The molecule has 0 saturated carbocycles. The largest absolute Gasteiger partial charge is 0.296 e. The van der Waals surface area contributed by atoms with Crippen LogP contribution in [0.25, 0.3) is 23.0 Å². The van der Waals surface area contributed by atoms with Gasteiger partial charge in [-0.1, -0.05) is 54.3 Å². The molecule has 7 nitrogen and oxygen atoms in total. The van der Waals surface area contributed by atoms with Crippen molar-refractivity contribution in [1.29, 1.82) is 0 Å². The van der Waals surface area contributed by atoms with Gasteiger partial charge < -0.3 is 0 Å². The van der Waals surface area contributed by atoms with E-state index in [2.05, 4.69) is 5.10 Å². The maximum absolute atomic E-state index is 12.4. The van der Waals surface area contributed by atoms with Crippen molar-refractivity contribution in [2.45, 2.75) is 0 Å². The Morgan fingerprint density at radius 2 is 1.93 bits per heavy atom. The van der Waals surface area contributed by atoms with Crippen LogP contribution in [0.2, 0.25) is 0 Å². The number of thiocarbonyl (C=S) groups is 1. The van der Waals surface area contributed by atoms with Crippen molar-refractivity contribution in [3.63, 3.8) is 0 Å². The van der Waals surface area contributed by atoms with E-state index in [1.807, 2.05) is 30.3 Å². The van der Waals surface area contributed by atoms with Crippen LogP contribution in [0.15, 0.2) is 65.7 Å². The average Bonchev–Trinajstić information content (AvgIpc) is 3.26. The molecule has 3 aromatic rings. The van der Waals surface area contributed by atoms with Crippen LogP contribution in [0.5, 0.6) is 0 Å². The molecule has 0 N–H and O–H groups in total. The first kappa shape index (κ1) is 19.0. The van der Waals surface area contributed by atoms with Crippen LogP contribution in [-0.4, -0.2) is 36.9 Å². The number of carbonyl (C=O) groups excluding carboxylic acids is 1. The summed E-state index contributed by atoms with van der Waals surface area (Å²) in [6.45, 7) is 0. The fraction of sp³-hybridized carbons (Fsp3) is 0.0500. The molecule has 0 unspecified atom stereocenters. The fourth-order valence-electron chi connectivity index (χ4n) is 2.88. The van der Waals surface area contributed by atoms with E-state index in [0.717, 1.165) is 5.69 Å². The Balaban J connectivity index is 1.87. The Hall–Kier alpha value is -3.30. The van der Waals surface area contributed by atoms with Crippen LogP contribution in [0, 0.1) is 10.1 Å². The zero-order chi connectivity index (χ0) is 20.5. The molecule has 144 valence electrons. The predicted octanol–water partition coefficient (Wildman–Crippen LogP) is 4.28. The molecule has 0 bridgehead atoms. The van der Waals surface area contributed by atoms with Gasteiger partial charge in [0.1, 0.15) is 10.0 Å². The summed E-state index contributed by atoms with van der Waals surface area (Å²) < 4.78 is 2.17. The maximum Gasteiger partial charge on any atom is 0.270 e. The van der Waals surface area contributed by atoms with Gasteiger partial charge in [0.05, 0.1) is 15.5 Å². The van der Waals surface area contributed by atoms with Gasteiger partial charge in [-0.25, -0.2) is 4.68 Å². The molecule has 0 radical (unpaired) electrons. The second-order valence-electron chi connectivity index (χ2n) is 6.26. The van der Waals surface area contributed by atoms with Crippen molar-refractivity contribution < 1.29 is 9.72 Å². The molecule has 29 heavy (non-hydrogen) atoms. The van der Waals surface area contributed by atoms with Crippen molar-refractivity contribution >= 4 is 46.0 Å². The SMILES string of the molecule is CN1C(=O)C(=Cc2cn(-c3ccccc3)nc2-c2cccc([N+](=O)[O-])c2)SC1=S. The number of rotatable bonds is 4. The topological polar surface area (TPSA) is 81.3 Å². The third-order valence-electron chi connectivity index (χ3n) is 4.37. The first-order chi connectivity index (χ1) is 13.9. The molecule has 1 aromatic heterocycles. The zero-order valence-corrected chi connectivity index (χ0v) is 16.8. The number of hydrogen-bond donors (Lipinski definition) is 0. The van der Waals surface area contributed by atoms with Crippen LogP contribution in [0.4, 0.5) is 5.69 Å². The first-order valence-corrected chi connectivity index (χ1v) is 9.78. The minimum absolute atomic E-state index is 0.0254. The summed E-state index contributed by atoms with van der Waals surface area (Å²) in [5.41, 5.74) is 2.61. The summed E-state index contributed by atoms with van der Waals surface area (Å²) in [7, 11) is 1.63. The molecule has 4 rings (SSSR count). The second kappa shape index (κ2) is 7.61. The number of nitro groups is 1. The fourth-order valence-corrected chi connectivity index (χ4v) is 4.05. The van der Waals surface area contributed by atoms with E-state index < -0.39 is 4.92 Å². The molecule has 9 heteroatoms. The zero-order valence-electron chi connectivity index (χ0n) is 15.2. The molecule has 2 heterocycles. The van der Waals surface area contributed by atoms with E-state index in [1.54, 1.807) is 36.1 Å². The van der Waals surface area contributed by atoms with Gasteiger partial charge in [0.2, 0.25) is 0 Å². The Labute approximate surface area is 175 Å². The van der Waals surface area contributed by atoms with Crippen LogP contribution < -0.4 is 0 Å². The summed E-state index contributed by atoms with van der Waals surface area (Å²) in [5, 5.41) is 15.8. The normalized spacial score (nSPS) is 15.3. The molecule has 0 atom stereocenters. The van der Waals surface area contributed by atoms with Crippen molar-refractivity contribution in [2.75, 3.05) is 7.05 Å². The highest BCUT2D eigenvalue weighted by Crippen LogP contribution is 2.34. The van der Waals surface area contributed by atoms with Gasteiger partial charge in [-0.3, -0.25) is 19.8 Å². The monoisotopic (exact) mass is 422 g/mol. The van der Waals surface area contributed by atoms with E-state index >= 15 is 0 Å². The molecule has 1 amide bonds. The average molecular weight is 422 g/mol. The lowest BCUT2D eigenvalue weighted by Crippen LogP contribution is -2.22. The minimum Gasteiger partial charge on any atom is -0.296 e. The molecule has 1 saturated heterocycles. The van der Waals surface area contributed by atoms with Gasteiger partial charge in [-0.15, -0.1) is 0 Å². The second-order valence-corrected chi connectivity index (χ2v) is 7.94. The molecular weight excluding hydrogens is 408 g/mol. The van der Waals surface area contributed by atoms with Crippen molar-refractivity contribution in [1.82, 2.24) is 14.7 Å². The van der Waals surface area contributed by atoms with Crippen LogP contribution in [0.3, 0.4) is 0 Å². The highest BCUT2D eigenvalue weighted by Gasteiger charge is 2.29. The molecule has 1 fully saturated rings. The summed E-state index contributed by atoms with van der Waals surface area (Å²) in [5.74, 6) is -0.183. The molecule has 0 spiro atoms. The number of benzene rings is 2. The van der Waals surface area contributed by atoms with Crippen molar-refractivity contribution in [3.05, 3.63) is 81.4 Å². The van der Waals surface area contributed by atoms with E-state index in [-0.39, 0.29) is 11.6 Å². The molecule has 2 aromatic carbocycles. The van der Waals surface area contributed by atoms with E-state index in [4.69, 9.17) is 12.2 Å². The summed E-state index contributed by atoms with van der Waals surface area (Å²) in [4.78, 5) is 25.1. The number of hydrogen-bond acceptors (Lipinski definition) is 6. The van der Waals surface area contributed by atoms with Crippen LogP contribution in [-0.2, 0) is 4.79 Å². The number of amides is 1. The standard InChI is InChI=1S/C20H14N4O3S2/c1-22-19(25)17(29-20(22)28)11-14-12-23(15-7-3-2-4-8-15)21-18(14)13-6-5-9-16(10-13)24(26)27/h2-12H,1H3. The highest BCUT2D eigenvalue weighted by molar-refractivity contribution is 8.26. The quantitative estimate of drug-likeness (QED) is 0.270. The van der Waals surface area contributed by atoms with Gasteiger partial charge in [0.25, 0.3) is 11.6 Å². The minimum atomic E-state index is -0.445. The van der Waals surface area contributed by atoms with Gasteiger partial charge in [0.15, 0.2) is 0 Å². The maximum atomic E-state index is 12.4. The predicted molar refractivity (Wildman–Crippen MR) is 117 cm³/mol. The number of para-hydroxylation sites is 1. The molecule has 1 aliphatic rings. The van der Waals surface area contributed by atoms with Gasteiger partial charge >= 0.3 is 0 Å². The van der Waals surface area contributed by atoms with Crippen LogP contribution in [0.1, 0.15) is 5.56 Å². The number of likely N-dealkylation sites (N-methyl/N-ethyl adjacent to an activating group) is 1. The number of non-ortho nitro benzene ring substituents is 1. The number of nitro benzene ring substituents is 1. The number of aromatic nitrogens is 2.